The number of nitrogens with one attached hydrogen (secondary N) is 1. The van der Waals surface area contributed by atoms with Gasteiger partial charge >= 0.3 is 0 Å². The van der Waals surface area contributed by atoms with Crippen molar-refractivity contribution in [3.05, 3.63) is 47.6 Å². The monoisotopic (exact) mass is 303 g/mol. The molecule has 0 saturated heterocycles. The minimum absolute atomic E-state index is 0.0289. The highest BCUT2D eigenvalue weighted by molar-refractivity contribution is 5.76. The molecule has 22 heavy (non-hydrogen) atoms. The lowest BCUT2D eigenvalue weighted by molar-refractivity contribution is -0.122. The van der Waals surface area contributed by atoms with E-state index in [4.69, 9.17) is 9.63 Å². The first-order valence-corrected chi connectivity index (χ1v) is 7.43. The van der Waals surface area contributed by atoms with Crippen molar-refractivity contribution in [2.45, 2.75) is 38.6 Å². The normalized spacial score (nSPS) is 12.1. The summed E-state index contributed by atoms with van der Waals surface area (Å²) >= 11 is 0. The zero-order valence-electron chi connectivity index (χ0n) is 12.7. The van der Waals surface area contributed by atoms with E-state index in [0.29, 0.717) is 37.4 Å². The largest absolute Gasteiger partial charge is 0.396 e. The maximum absolute atomic E-state index is 12.0. The Balaban J connectivity index is 1.81. The fraction of sp³-hybridized carbons (Fsp3) is 0.438. The van der Waals surface area contributed by atoms with Crippen molar-refractivity contribution in [3.63, 3.8) is 0 Å². The number of amides is 1. The van der Waals surface area contributed by atoms with Gasteiger partial charge in [-0.2, -0.15) is 4.98 Å². The summed E-state index contributed by atoms with van der Waals surface area (Å²) in [4.78, 5) is 16.1. The van der Waals surface area contributed by atoms with Crippen molar-refractivity contribution in [2.24, 2.45) is 0 Å². The van der Waals surface area contributed by atoms with Crippen LogP contribution in [0.25, 0.3) is 0 Å². The molecule has 1 unspecified atom stereocenters. The molecule has 0 spiro atoms. The smallest absolute Gasteiger partial charge is 0.226 e. The molecule has 2 rings (SSSR count). The first kappa shape index (κ1) is 16.2. The predicted molar refractivity (Wildman–Crippen MR) is 81.0 cm³/mol. The highest BCUT2D eigenvalue weighted by Crippen LogP contribution is 2.16. The lowest BCUT2D eigenvalue weighted by Crippen LogP contribution is -2.29. The fourth-order valence-corrected chi connectivity index (χ4v) is 2.24. The van der Waals surface area contributed by atoms with Crippen LogP contribution < -0.4 is 5.32 Å². The van der Waals surface area contributed by atoms with Crippen molar-refractivity contribution in [3.8, 4) is 0 Å². The summed E-state index contributed by atoms with van der Waals surface area (Å²) < 4.78 is 5.01. The van der Waals surface area contributed by atoms with Gasteiger partial charge in [0.2, 0.25) is 11.8 Å². The number of aliphatic hydroxyl groups excluding tert-OH is 1. The van der Waals surface area contributed by atoms with Crippen LogP contribution in [0.1, 0.15) is 42.6 Å². The van der Waals surface area contributed by atoms with E-state index >= 15 is 0 Å². The number of aliphatic hydroxyl groups is 1. The van der Waals surface area contributed by atoms with Crippen LogP contribution >= 0.6 is 0 Å². The Morgan fingerprint density at radius 3 is 2.77 bits per heavy atom. The second kappa shape index (κ2) is 8.29. The van der Waals surface area contributed by atoms with E-state index in [-0.39, 0.29) is 18.6 Å². The van der Waals surface area contributed by atoms with Gasteiger partial charge in [0.15, 0.2) is 5.82 Å². The van der Waals surface area contributed by atoms with E-state index in [1.165, 1.54) is 0 Å². The van der Waals surface area contributed by atoms with Gasteiger partial charge in [0.25, 0.3) is 0 Å². The third-order valence-corrected chi connectivity index (χ3v) is 3.32. The molecular weight excluding hydrogens is 282 g/mol. The Labute approximate surface area is 129 Å². The maximum atomic E-state index is 12.0. The topological polar surface area (TPSA) is 88.2 Å². The molecule has 1 atom stereocenters. The zero-order valence-corrected chi connectivity index (χ0v) is 12.7. The lowest BCUT2D eigenvalue weighted by atomic mass is 10.0. The SMILES string of the molecule is Cc1noc(CCCC(=O)NC(CCO)c2ccccc2)n1. The summed E-state index contributed by atoms with van der Waals surface area (Å²) in [5.41, 5.74) is 0.998. The summed E-state index contributed by atoms with van der Waals surface area (Å²) in [5.74, 6) is 1.12. The number of aromatic nitrogens is 2. The van der Waals surface area contributed by atoms with Crippen molar-refractivity contribution < 1.29 is 14.4 Å². The number of aryl methyl sites for hydroxylation is 2. The summed E-state index contributed by atoms with van der Waals surface area (Å²) in [5, 5.41) is 15.8. The molecule has 1 amide bonds. The van der Waals surface area contributed by atoms with Gasteiger partial charge in [-0.15, -0.1) is 0 Å². The molecule has 0 saturated carbocycles. The molecule has 0 aliphatic rings. The van der Waals surface area contributed by atoms with Crippen LogP contribution in [-0.4, -0.2) is 27.8 Å². The van der Waals surface area contributed by atoms with Crippen molar-refractivity contribution >= 4 is 5.91 Å². The maximum Gasteiger partial charge on any atom is 0.226 e. The third-order valence-electron chi connectivity index (χ3n) is 3.32. The average Bonchev–Trinajstić information content (AvgIpc) is 2.93. The van der Waals surface area contributed by atoms with Crippen molar-refractivity contribution in [2.75, 3.05) is 6.61 Å². The Bertz CT molecular complexity index is 583. The number of rotatable bonds is 8. The molecule has 2 aromatic rings. The Kier molecular flexibility index (Phi) is 6.09. The minimum atomic E-state index is -0.163. The van der Waals surface area contributed by atoms with E-state index in [2.05, 4.69) is 15.5 Å². The molecule has 0 aliphatic heterocycles. The molecule has 1 aromatic carbocycles. The number of benzene rings is 1. The fourth-order valence-electron chi connectivity index (χ4n) is 2.24. The van der Waals surface area contributed by atoms with Gasteiger partial charge in [0.05, 0.1) is 6.04 Å². The van der Waals surface area contributed by atoms with Gasteiger partial charge in [-0.05, 0) is 25.3 Å². The molecule has 1 aromatic heterocycles. The van der Waals surface area contributed by atoms with Crippen molar-refractivity contribution in [1.29, 1.82) is 0 Å². The summed E-state index contributed by atoms with van der Waals surface area (Å²) in [7, 11) is 0. The quantitative estimate of drug-likeness (QED) is 0.778. The van der Waals surface area contributed by atoms with Gasteiger partial charge in [-0.1, -0.05) is 35.5 Å². The first-order chi connectivity index (χ1) is 10.7. The minimum Gasteiger partial charge on any atom is -0.396 e. The number of hydrogen-bond donors (Lipinski definition) is 2. The molecule has 6 nitrogen and oxygen atoms in total. The van der Waals surface area contributed by atoms with Gasteiger partial charge in [0.1, 0.15) is 0 Å². The van der Waals surface area contributed by atoms with E-state index in [0.717, 1.165) is 5.56 Å². The highest BCUT2D eigenvalue weighted by atomic mass is 16.5. The van der Waals surface area contributed by atoms with Gasteiger partial charge in [-0.25, -0.2) is 0 Å². The van der Waals surface area contributed by atoms with Crippen molar-refractivity contribution in [1.82, 2.24) is 15.5 Å². The second-order valence-corrected chi connectivity index (χ2v) is 5.13. The zero-order chi connectivity index (χ0) is 15.8. The van der Waals surface area contributed by atoms with Gasteiger partial charge in [-0.3, -0.25) is 4.79 Å². The van der Waals surface area contributed by atoms with Crippen LogP contribution in [-0.2, 0) is 11.2 Å². The van der Waals surface area contributed by atoms with E-state index in [9.17, 15) is 4.79 Å². The van der Waals surface area contributed by atoms with Gasteiger partial charge < -0.3 is 14.9 Å². The third kappa shape index (κ3) is 4.96. The molecule has 0 fully saturated rings. The molecule has 0 aliphatic carbocycles. The highest BCUT2D eigenvalue weighted by Gasteiger charge is 2.14. The van der Waals surface area contributed by atoms with Crippen LogP contribution in [0, 0.1) is 6.92 Å². The van der Waals surface area contributed by atoms with E-state index in [1.54, 1.807) is 6.92 Å². The van der Waals surface area contributed by atoms with E-state index < -0.39 is 0 Å². The van der Waals surface area contributed by atoms with Crippen LogP contribution in [0.3, 0.4) is 0 Å². The summed E-state index contributed by atoms with van der Waals surface area (Å²) in [6.07, 6.45) is 2.12. The number of hydrogen-bond acceptors (Lipinski definition) is 5. The van der Waals surface area contributed by atoms with Crippen LogP contribution in [0.15, 0.2) is 34.9 Å². The predicted octanol–water partition coefficient (Wildman–Crippen LogP) is 1.94. The number of nitrogens with zero attached hydrogens (tertiary/aromatic N) is 2. The summed E-state index contributed by atoms with van der Waals surface area (Å²) in [6.45, 7) is 1.79. The molecule has 6 heteroatoms. The average molecular weight is 303 g/mol. The van der Waals surface area contributed by atoms with Crippen LogP contribution in [0.4, 0.5) is 0 Å². The molecule has 1 heterocycles. The molecule has 118 valence electrons. The Morgan fingerprint density at radius 2 is 2.14 bits per heavy atom. The second-order valence-electron chi connectivity index (χ2n) is 5.13. The molecule has 0 bridgehead atoms. The van der Waals surface area contributed by atoms with Crippen LogP contribution in [0.2, 0.25) is 0 Å². The Morgan fingerprint density at radius 1 is 1.36 bits per heavy atom. The standard InChI is InChI=1S/C16H21N3O3/c1-12-17-16(22-19-12)9-5-8-15(21)18-14(10-11-20)13-6-3-2-4-7-13/h2-4,6-7,14,20H,5,8-11H2,1H3,(H,18,21). The van der Waals surface area contributed by atoms with Crippen LogP contribution in [0.5, 0.6) is 0 Å². The molecule has 0 radical (unpaired) electrons. The molecule has 2 N–H and O–H groups in total. The van der Waals surface area contributed by atoms with E-state index in [1.807, 2.05) is 30.3 Å². The summed E-state index contributed by atoms with van der Waals surface area (Å²) in [6, 6.07) is 9.50. The number of carbonyl (C=O) groups excluding carboxylic acids is 1. The van der Waals surface area contributed by atoms with Gasteiger partial charge in [0, 0.05) is 19.4 Å². The first-order valence-electron chi connectivity index (χ1n) is 7.43. The molecular formula is C16H21N3O3. The number of carbonyl (C=O) groups is 1. The Hall–Kier alpha value is -2.21. The lowest BCUT2D eigenvalue weighted by Gasteiger charge is -2.18.